The Hall–Kier alpha value is -1.89. The fraction of sp³-hybridized carbons (Fsp3) is 0.857. The molecule has 4 saturated carbocycles. The Bertz CT molecular complexity index is 1070. The summed E-state index contributed by atoms with van der Waals surface area (Å²) in [6, 6.07) is 0. The van der Waals surface area contributed by atoms with Gasteiger partial charge in [0.05, 0.1) is 5.60 Å². The number of rotatable bonds is 9. The number of hydrogen-bond acceptors (Lipinski definition) is 7. The summed E-state index contributed by atoms with van der Waals surface area (Å²) in [6.07, 6.45) is 9.81. The molecule has 7 heteroatoms. The van der Waals surface area contributed by atoms with E-state index in [9.17, 15) is 19.5 Å². The Morgan fingerprint density at radius 1 is 0.929 bits per heavy atom. The molecule has 0 aromatic heterocycles. The van der Waals surface area contributed by atoms with Gasteiger partial charge < -0.3 is 19.3 Å². The molecule has 4 aliphatic rings. The van der Waals surface area contributed by atoms with Crippen LogP contribution in [0.2, 0.25) is 0 Å². The van der Waals surface area contributed by atoms with Crippen molar-refractivity contribution in [2.24, 2.45) is 45.3 Å². The second-order valence-electron chi connectivity index (χ2n) is 16.0. The molecule has 0 aromatic rings. The molecule has 0 aliphatic heterocycles. The molecule has 4 rings (SSSR count). The summed E-state index contributed by atoms with van der Waals surface area (Å²) in [5.74, 6) is 0.0866. The van der Waals surface area contributed by atoms with Crippen molar-refractivity contribution in [3.05, 3.63) is 11.6 Å². The van der Waals surface area contributed by atoms with Crippen molar-refractivity contribution in [3.63, 3.8) is 0 Å². The van der Waals surface area contributed by atoms with Gasteiger partial charge in [0.25, 0.3) is 6.47 Å². The van der Waals surface area contributed by atoms with Gasteiger partial charge in [0.15, 0.2) is 6.61 Å². The third-order valence-electron chi connectivity index (χ3n) is 13.2. The number of hydrogen-bond donors (Lipinski definition) is 1. The Labute approximate surface area is 253 Å². The van der Waals surface area contributed by atoms with Gasteiger partial charge in [-0.3, -0.25) is 9.59 Å². The summed E-state index contributed by atoms with van der Waals surface area (Å²) in [5, 5.41) is 11.9. The predicted molar refractivity (Wildman–Crippen MR) is 161 cm³/mol. The summed E-state index contributed by atoms with van der Waals surface area (Å²) >= 11 is 0. The van der Waals surface area contributed by atoms with E-state index in [-0.39, 0.29) is 64.8 Å². The Balaban J connectivity index is 1.67. The number of carbonyl (C=O) groups is 3. The van der Waals surface area contributed by atoms with E-state index in [1.165, 1.54) is 12.5 Å². The minimum absolute atomic E-state index is 0.0187. The van der Waals surface area contributed by atoms with Crippen molar-refractivity contribution in [1.29, 1.82) is 0 Å². The van der Waals surface area contributed by atoms with E-state index < -0.39 is 11.6 Å². The Kier molecular flexibility index (Phi) is 9.08. The van der Waals surface area contributed by atoms with Crippen LogP contribution in [0.1, 0.15) is 120 Å². The molecule has 0 heterocycles. The van der Waals surface area contributed by atoms with Gasteiger partial charge in [-0.2, -0.15) is 0 Å². The van der Waals surface area contributed by atoms with Crippen molar-refractivity contribution in [2.45, 2.75) is 138 Å². The molecule has 1 N–H and O–H groups in total. The Morgan fingerprint density at radius 2 is 1.60 bits per heavy atom. The highest BCUT2D eigenvalue weighted by Crippen LogP contribution is 2.76. The highest BCUT2D eigenvalue weighted by Gasteiger charge is 2.72. The molecule has 0 spiro atoms. The van der Waals surface area contributed by atoms with E-state index >= 15 is 0 Å². The molecule has 7 nitrogen and oxygen atoms in total. The van der Waals surface area contributed by atoms with Crippen LogP contribution in [0.15, 0.2) is 11.6 Å². The lowest BCUT2D eigenvalue weighted by molar-refractivity contribution is -0.253. The zero-order valence-electron chi connectivity index (χ0n) is 27.6. The molecule has 0 amide bonds. The minimum Gasteiger partial charge on any atom is -0.462 e. The van der Waals surface area contributed by atoms with Gasteiger partial charge >= 0.3 is 11.9 Å². The van der Waals surface area contributed by atoms with Crippen LogP contribution in [0, 0.1) is 45.3 Å². The second kappa shape index (κ2) is 11.6. The van der Waals surface area contributed by atoms with Crippen molar-refractivity contribution >= 4 is 18.4 Å². The smallest absolute Gasteiger partial charge is 0.344 e. The van der Waals surface area contributed by atoms with Crippen LogP contribution in [0.25, 0.3) is 0 Å². The average molecular weight is 589 g/mol. The average Bonchev–Trinajstić information content (AvgIpc) is 3.25. The molecule has 0 radical (unpaired) electrons. The van der Waals surface area contributed by atoms with Crippen LogP contribution >= 0.6 is 0 Å². The maximum absolute atomic E-state index is 12.6. The van der Waals surface area contributed by atoms with Crippen molar-refractivity contribution in [2.75, 3.05) is 6.61 Å². The first-order valence-electron chi connectivity index (χ1n) is 16.2. The van der Waals surface area contributed by atoms with Gasteiger partial charge in [-0.25, -0.2) is 4.79 Å². The molecule has 9 unspecified atom stereocenters. The zero-order chi connectivity index (χ0) is 31.3. The van der Waals surface area contributed by atoms with Crippen LogP contribution in [0.3, 0.4) is 0 Å². The fourth-order valence-electron chi connectivity index (χ4n) is 11.1. The normalized spacial score (nSPS) is 41.7. The molecular formula is C35H56O7. The van der Waals surface area contributed by atoms with E-state index in [0.29, 0.717) is 18.3 Å². The molecular weight excluding hydrogens is 532 g/mol. The summed E-state index contributed by atoms with van der Waals surface area (Å²) in [4.78, 5) is 35.6. The van der Waals surface area contributed by atoms with Gasteiger partial charge in [0.1, 0.15) is 12.2 Å². The largest absolute Gasteiger partial charge is 0.462 e. The first-order chi connectivity index (χ1) is 19.4. The molecule has 0 aromatic carbocycles. The van der Waals surface area contributed by atoms with Gasteiger partial charge in [-0.15, -0.1) is 0 Å². The number of ether oxygens (including phenoxy) is 3. The standard InChI is InChI=1S/C35H56O7/c1-22(2)11-10-15-35(9,39)24-12-17-34(8)30(24)25(41-23(3)37)19-27-32(6)16-14-28(42-29(38)20-40-21-36)31(4,5)26(32)13-18-33(27,34)7/h11,21,24-28,30,39H,10,12-20H2,1-9H3/t24?,25?,26?,27?,28-,30?,32?,33?,34?,35?/m1/s1. The van der Waals surface area contributed by atoms with Gasteiger partial charge in [-0.05, 0) is 113 Å². The van der Waals surface area contributed by atoms with Crippen LogP contribution in [0.5, 0.6) is 0 Å². The van der Waals surface area contributed by atoms with Crippen molar-refractivity contribution < 1.29 is 33.7 Å². The Morgan fingerprint density at radius 3 is 2.21 bits per heavy atom. The third-order valence-corrected chi connectivity index (χ3v) is 13.2. The third kappa shape index (κ3) is 5.45. The minimum atomic E-state index is -0.839. The van der Waals surface area contributed by atoms with Crippen LogP contribution in [0.4, 0.5) is 0 Å². The molecule has 0 saturated heterocycles. The number of aliphatic hydroxyl groups is 1. The van der Waals surface area contributed by atoms with Gasteiger partial charge in [0.2, 0.25) is 0 Å². The number of carbonyl (C=O) groups excluding carboxylic acids is 3. The molecule has 4 fully saturated rings. The van der Waals surface area contributed by atoms with Gasteiger partial charge in [0, 0.05) is 18.3 Å². The topological polar surface area (TPSA) is 99.1 Å². The second-order valence-corrected chi connectivity index (χ2v) is 16.0. The lowest BCUT2D eigenvalue weighted by atomic mass is 9.35. The molecule has 10 atom stereocenters. The predicted octanol–water partition coefficient (Wildman–Crippen LogP) is 6.80. The van der Waals surface area contributed by atoms with Crippen molar-refractivity contribution in [1.82, 2.24) is 0 Å². The number of esters is 2. The van der Waals surface area contributed by atoms with Gasteiger partial charge in [-0.1, -0.05) is 46.3 Å². The number of allylic oxidation sites excluding steroid dienone is 2. The molecule has 4 aliphatic carbocycles. The first kappa shape index (κ1) is 33.0. The zero-order valence-corrected chi connectivity index (χ0v) is 27.6. The van der Waals surface area contributed by atoms with E-state index in [1.54, 1.807) is 0 Å². The monoisotopic (exact) mass is 588 g/mol. The molecule has 0 bridgehead atoms. The maximum atomic E-state index is 12.6. The molecule has 238 valence electrons. The van der Waals surface area contributed by atoms with Crippen LogP contribution < -0.4 is 0 Å². The SMILES string of the molecule is CC(=O)OC1CC2C3(C)CC[C@@H](OC(=O)COC=O)C(C)(C)C3CCC2(C)C2(C)CCC(C(C)(O)CCC=C(C)C)C12. The van der Waals surface area contributed by atoms with Crippen LogP contribution in [-0.2, 0) is 28.6 Å². The maximum Gasteiger partial charge on any atom is 0.344 e. The van der Waals surface area contributed by atoms with Crippen LogP contribution in [-0.4, -0.2) is 47.9 Å². The summed E-state index contributed by atoms with van der Waals surface area (Å²) < 4.78 is 16.8. The quantitative estimate of drug-likeness (QED) is 0.137. The van der Waals surface area contributed by atoms with E-state index in [4.69, 9.17) is 9.47 Å². The molecule has 42 heavy (non-hydrogen) atoms. The summed E-state index contributed by atoms with van der Waals surface area (Å²) in [7, 11) is 0. The first-order valence-corrected chi connectivity index (χ1v) is 16.2. The lowest BCUT2D eigenvalue weighted by Crippen LogP contribution is -2.67. The van der Waals surface area contributed by atoms with E-state index in [0.717, 1.165) is 51.4 Å². The fourth-order valence-corrected chi connectivity index (χ4v) is 11.1. The highest BCUT2D eigenvalue weighted by molar-refractivity contribution is 5.72. The number of fused-ring (bicyclic) bond motifs is 5. The highest BCUT2D eigenvalue weighted by atomic mass is 16.6. The van der Waals surface area contributed by atoms with E-state index in [2.05, 4.69) is 59.3 Å². The lowest BCUT2D eigenvalue weighted by Gasteiger charge is -2.70. The summed E-state index contributed by atoms with van der Waals surface area (Å²) in [6.45, 7) is 19.4. The summed E-state index contributed by atoms with van der Waals surface area (Å²) in [5.41, 5.74) is 0.104. The van der Waals surface area contributed by atoms with Crippen molar-refractivity contribution in [3.8, 4) is 0 Å². The van der Waals surface area contributed by atoms with E-state index in [1.807, 2.05) is 6.92 Å².